The lowest BCUT2D eigenvalue weighted by molar-refractivity contribution is 0.445. The van der Waals surface area contributed by atoms with E-state index in [4.69, 9.17) is 20.9 Å². The lowest BCUT2D eigenvalue weighted by Gasteiger charge is -2.30. The lowest BCUT2D eigenvalue weighted by Crippen LogP contribution is -2.20. The van der Waals surface area contributed by atoms with Gasteiger partial charge >= 0.3 is 0 Å². The van der Waals surface area contributed by atoms with Gasteiger partial charge in [-0.3, -0.25) is 0 Å². The molecule has 0 fully saturated rings. The molecule has 0 atom stereocenters. The van der Waals surface area contributed by atoms with Crippen LogP contribution in [0.3, 0.4) is 0 Å². The second kappa shape index (κ2) is 8.44. The number of hydrogen-bond donors (Lipinski definition) is 2. The van der Waals surface area contributed by atoms with Gasteiger partial charge in [-0.1, -0.05) is 56.3 Å². The number of anilines is 2. The Morgan fingerprint density at radius 3 is 1.68 bits per heavy atom. The Balaban J connectivity index is 1.72. The average molecular weight is 411 g/mol. The van der Waals surface area contributed by atoms with Gasteiger partial charge in [0.05, 0.1) is 0 Å². The van der Waals surface area contributed by atoms with Crippen LogP contribution in [0.25, 0.3) is 0 Å². The molecule has 0 unspecified atom stereocenters. The van der Waals surface area contributed by atoms with E-state index < -0.39 is 0 Å². The molecule has 0 aromatic heterocycles. The topological polar surface area (TPSA) is 70.5 Å². The molecule has 0 aliphatic carbocycles. The summed E-state index contributed by atoms with van der Waals surface area (Å²) in [5.41, 5.74) is 14.8. The van der Waals surface area contributed by atoms with Gasteiger partial charge < -0.3 is 20.9 Å². The normalized spacial score (nSPS) is 11.2. The molecule has 4 rings (SSSR count). The smallest absolute Gasteiger partial charge is 0.131 e. The maximum Gasteiger partial charge on any atom is 0.131 e. The fourth-order valence-corrected chi connectivity index (χ4v) is 3.66. The molecular formula is C27H26N2O2. The van der Waals surface area contributed by atoms with Crippen molar-refractivity contribution in [2.24, 2.45) is 0 Å². The first-order valence-corrected chi connectivity index (χ1v) is 10.2. The molecule has 0 saturated carbocycles. The van der Waals surface area contributed by atoms with Crippen molar-refractivity contribution < 1.29 is 9.47 Å². The van der Waals surface area contributed by atoms with Gasteiger partial charge in [-0.2, -0.15) is 0 Å². The van der Waals surface area contributed by atoms with Gasteiger partial charge in [0.25, 0.3) is 0 Å². The van der Waals surface area contributed by atoms with E-state index >= 15 is 0 Å². The quantitative estimate of drug-likeness (QED) is 0.344. The second-order valence-electron chi connectivity index (χ2n) is 7.96. The molecule has 4 heteroatoms. The van der Waals surface area contributed by atoms with E-state index in [0.29, 0.717) is 17.1 Å². The van der Waals surface area contributed by atoms with E-state index in [1.54, 1.807) is 0 Å². The van der Waals surface area contributed by atoms with Crippen molar-refractivity contribution in [2.45, 2.75) is 19.3 Å². The van der Waals surface area contributed by atoms with Gasteiger partial charge in [0.2, 0.25) is 0 Å². The number of ether oxygens (including phenoxy) is 2. The largest absolute Gasteiger partial charge is 0.457 e. The predicted octanol–water partition coefficient (Wildman–Crippen LogP) is 6.76. The van der Waals surface area contributed by atoms with Crippen molar-refractivity contribution in [3.05, 3.63) is 108 Å². The van der Waals surface area contributed by atoms with Crippen LogP contribution in [0.1, 0.15) is 25.0 Å². The molecule has 31 heavy (non-hydrogen) atoms. The van der Waals surface area contributed by atoms with Crippen molar-refractivity contribution >= 4 is 11.4 Å². The molecule has 0 bridgehead atoms. The Labute approximate surface area is 183 Å². The maximum absolute atomic E-state index is 6.23. The van der Waals surface area contributed by atoms with Crippen LogP contribution in [-0.2, 0) is 5.41 Å². The van der Waals surface area contributed by atoms with Crippen molar-refractivity contribution in [2.75, 3.05) is 11.5 Å². The van der Waals surface area contributed by atoms with Gasteiger partial charge in [-0.15, -0.1) is 0 Å². The molecule has 156 valence electrons. The highest BCUT2D eigenvalue weighted by molar-refractivity contribution is 5.54. The number of nitrogens with two attached hydrogens (primary N) is 2. The third-order valence-electron chi connectivity index (χ3n) is 5.31. The van der Waals surface area contributed by atoms with Crippen LogP contribution in [0.2, 0.25) is 0 Å². The molecule has 4 nitrogen and oxygen atoms in total. The number of para-hydroxylation sites is 2. The fraction of sp³-hybridized carbons (Fsp3) is 0.111. The van der Waals surface area contributed by atoms with Crippen LogP contribution in [0.4, 0.5) is 11.4 Å². The number of benzene rings is 4. The molecule has 0 spiro atoms. The molecule has 0 heterocycles. The van der Waals surface area contributed by atoms with E-state index in [-0.39, 0.29) is 5.41 Å². The van der Waals surface area contributed by atoms with Crippen LogP contribution in [-0.4, -0.2) is 0 Å². The summed E-state index contributed by atoms with van der Waals surface area (Å²) in [7, 11) is 0. The fourth-order valence-electron chi connectivity index (χ4n) is 3.66. The predicted molar refractivity (Wildman–Crippen MR) is 127 cm³/mol. The SMILES string of the molecule is CC(C)(c1ccccc1Oc1ccc(N)cc1)c1ccccc1Oc1cccc(N)c1. The molecule has 0 amide bonds. The summed E-state index contributed by atoms with van der Waals surface area (Å²) in [6.45, 7) is 4.33. The molecule has 4 aromatic carbocycles. The zero-order valence-electron chi connectivity index (χ0n) is 17.7. The molecule has 4 aromatic rings. The number of nitrogen functional groups attached to an aromatic ring is 2. The molecule has 0 aliphatic rings. The number of hydrogen-bond acceptors (Lipinski definition) is 4. The van der Waals surface area contributed by atoms with E-state index in [1.807, 2.05) is 84.9 Å². The van der Waals surface area contributed by atoms with Crippen molar-refractivity contribution in [3.8, 4) is 23.0 Å². The van der Waals surface area contributed by atoms with Gasteiger partial charge in [0.15, 0.2) is 0 Å². The summed E-state index contributed by atoms with van der Waals surface area (Å²) in [4.78, 5) is 0. The Hall–Kier alpha value is -3.92. The second-order valence-corrected chi connectivity index (χ2v) is 7.96. The van der Waals surface area contributed by atoms with Crippen LogP contribution >= 0.6 is 0 Å². The molecule has 0 saturated heterocycles. The van der Waals surface area contributed by atoms with Crippen LogP contribution in [0.5, 0.6) is 23.0 Å². The average Bonchev–Trinajstić information content (AvgIpc) is 2.76. The molecule has 4 N–H and O–H groups in total. The first-order valence-electron chi connectivity index (χ1n) is 10.2. The van der Waals surface area contributed by atoms with E-state index in [2.05, 4.69) is 26.0 Å². The van der Waals surface area contributed by atoms with Crippen LogP contribution < -0.4 is 20.9 Å². The summed E-state index contributed by atoms with van der Waals surface area (Å²) >= 11 is 0. The number of rotatable bonds is 6. The summed E-state index contributed by atoms with van der Waals surface area (Å²) in [6.07, 6.45) is 0. The van der Waals surface area contributed by atoms with Crippen LogP contribution in [0.15, 0.2) is 97.1 Å². The minimum atomic E-state index is -0.388. The van der Waals surface area contributed by atoms with Crippen LogP contribution in [0, 0.1) is 0 Å². The monoisotopic (exact) mass is 410 g/mol. The van der Waals surface area contributed by atoms with Crippen molar-refractivity contribution in [1.29, 1.82) is 0 Å². The Kier molecular flexibility index (Phi) is 5.54. The first-order chi connectivity index (χ1) is 14.9. The summed E-state index contributed by atoms with van der Waals surface area (Å²) in [6, 6.07) is 31.0. The molecular weight excluding hydrogens is 384 g/mol. The van der Waals surface area contributed by atoms with Gasteiger partial charge in [0.1, 0.15) is 23.0 Å². The Morgan fingerprint density at radius 2 is 1.10 bits per heavy atom. The van der Waals surface area contributed by atoms with Crippen molar-refractivity contribution in [3.63, 3.8) is 0 Å². The summed E-state index contributed by atoms with van der Waals surface area (Å²) in [5, 5.41) is 0. The van der Waals surface area contributed by atoms with Gasteiger partial charge in [0, 0.05) is 34.0 Å². The van der Waals surface area contributed by atoms with Gasteiger partial charge in [-0.05, 0) is 48.5 Å². The molecule has 0 aliphatic heterocycles. The van der Waals surface area contributed by atoms with E-state index in [9.17, 15) is 0 Å². The van der Waals surface area contributed by atoms with E-state index in [0.717, 1.165) is 28.4 Å². The minimum Gasteiger partial charge on any atom is -0.457 e. The third-order valence-corrected chi connectivity index (χ3v) is 5.31. The molecule has 0 radical (unpaired) electrons. The van der Waals surface area contributed by atoms with Gasteiger partial charge in [-0.25, -0.2) is 0 Å². The van der Waals surface area contributed by atoms with Crippen molar-refractivity contribution in [1.82, 2.24) is 0 Å². The highest BCUT2D eigenvalue weighted by Gasteiger charge is 2.30. The highest BCUT2D eigenvalue weighted by Crippen LogP contribution is 2.43. The third kappa shape index (κ3) is 4.48. The summed E-state index contributed by atoms with van der Waals surface area (Å²) in [5.74, 6) is 3.01. The first kappa shape index (κ1) is 20.4. The highest BCUT2D eigenvalue weighted by atomic mass is 16.5. The zero-order chi connectivity index (χ0) is 21.8. The Morgan fingerprint density at radius 1 is 0.548 bits per heavy atom. The van der Waals surface area contributed by atoms with E-state index in [1.165, 1.54) is 0 Å². The standard InChI is InChI=1S/C27H26N2O2/c1-27(2,23-10-3-5-12-25(23)30-21-16-14-19(28)15-17-21)24-11-4-6-13-26(24)31-22-9-7-8-20(29)18-22/h3-18H,28-29H2,1-2H3. The summed E-state index contributed by atoms with van der Waals surface area (Å²) < 4.78 is 12.5. The maximum atomic E-state index is 6.23. The lowest BCUT2D eigenvalue weighted by atomic mass is 9.77. The minimum absolute atomic E-state index is 0.388. The zero-order valence-corrected chi connectivity index (χ0v) is 17.7. The Bertz CT molecular complexity index is 1180.